The van der Waals surface area contributed by atoms with Gasteiger partial charge >= 0.3 is 51.4 Å². The van der Waals surface area contributed by atoms with E-state index in [0.29, 0.717) is 4.47 Å². The third kappa shape index (κ3) is 3.83. The number of hydrogen-bond donors (Lipinski definition) is 0. The number of benzene rings is 1. The molecule has 0 N–H and O–H groups in total. The number of carboxylic acid groups (broad SMARTS) is 1. The number of aliphatic carboxylic acids is 1. The fourth-order valence-corrected chi connectivity index (χ4v) is 2.63. The number of halogens is 1. The summed E-state index contributed by atoms with van der Waals surface area (Å²) >= 11 is 3.23. The summed E-state index contributed by atoms with van der Waals surface area (Å²) in [5, 5.41) is 11.3. The van der Waals surface area contributed by atoms with Crippen LogP contribution >= 0.6 is 15.9 Å². The Bertz CT molecular complexity index is 603. The third-order valence-electron chi connectivity index (χ3n) is 3.16. The van der Waals surface area contributed by atoms with Crippen molar-refractivity contribution in [2.75, 3.05) is 0 Å². The van der Waals surface area contributed by atoms with Gasteiger partial charge in [0.2, 0.25) is 0 Å². The van der Waals surface area contributed by atoms with Crippen LogP contribution in [0.2, 0.25) is 0 Å². The molecule has 1 aliphatic heterocycles. The zero-order valence-electron chi connectivity index (χ0n) is 12.1. The number of carbonyl (C=O) groups excluding carboxylic acids is 3. The van der Waals surface area contributed by atoms with E-state index in [-0.39, 0.29) is 74.9 Å². The van der Waals surface area contributed by atoms with Crippen LogP contribution in [0.1, 0.15) is 41.0 Å². The number of imide groups is 1. The number of amides is 2. The van der Waals surface area contributed by atoms with Gasteiger partial charge in [-0.2, -0.15) is 0 Å². The van der Waals surface area contributed by atoms with Crippen LogP contribution in [0.15, 0.2) is 22.7 Å². The Morgan fingerprint density at radius 1 is 1.24 bits per heavy atom. The minimum Gasteiger partial charge on any atom is -0.548 e. The predicted molar refractivity (Wildman–Crippen MR) is 72.9 cm³/mol. The fraction of sp³-hybridized carbons (Fsp3) is 0.357. The molecule has 0 saturated carbocycles. The van der Waals surface area contributed by atoms with Crippen LogP contribution in [0.5, 0.6) is 0 Å². The summed E-state index contributed by atoms with van der Waals surface area (Å²) in [4.78, 5) is 36.6. The Labute approximate surface area is 173 Å². The van der Waals surface area contributed by atoms with Crippen LogP contribution in [-0.2, 0) is 4.79 Å². The number of carbonyl (C=O) groups is 3. The second-order valence-electron chi connectivity index (χ2n) is 5.13. The van der Waals surface area contributed by atoms with Crippen LogP contribution in [0, 0.1) is 5.92 Å². The van der Waals surface area contributed by atoms with Gasteiger partial charge in [0, 0.05) is 4.47 Å². The maximum atomic E-state index is 12.3. The van der Waals surface area contributed by atoms with Crippen molar-refractivity contribution in [2.45, 2.75) is 26.3 Å². The van der Waals surface area contributed by atoms with E-state index in [9.17, 15) is 19.5 Å². The zero-order valence-corrected chi connectivity index (χ0v) is 16.8. The first kappa shape index (κ1) is 19.0. The van der Waals surface area contributed by atoms with E-state index < -0.39 is 23.8 Å². The number of hydrogen-bond acceptors (Lipinski definition) is 4. The van der Waals surface area contributed by atoms with Gasteiger partial charge in [0.1, 0.15) is 0 Å². The van der Waals surface area contributed by atoms with Gasteiger partial charge in [0.25, 0.3) is 11.8 Å². The van der Waals surface area contributed by atoms with E-state index in [1.54, 1.807) is 6.07 Å². The summed E-state index contributed by atoms with van der Waals surface area (Å²) in [7, 11) is 0. The van der Waals surface area contributed by atoms with Crippen LogP contribution in [0.3, 0.4) is 0 Å². The molecule has 2 rings (SSSR count). The average Bonchev–Trinajstić information content (AvgIpc) is 2.58. The van der Waals surface area contributed by atoms with Crippen molar-refractivity contribution in [3.05, 3.63) is 33.8 Å². The SMILES string of the molecule is CC(C)CC(C(=O)[O-])N1C(=O)c2ccc(Br)cc2C1=O.[K+]. The van der Waals surface area contributed by atoms with Crippen LogP contribution in [0.4, 0.5) is 0 Å². The molecule has 0 aliphatic carbocycles. The van der Waals surface area contributed by atoms with E-state index in [1.165, 1.54) is 12.1 Å². The molecule has 0 bridgehead atoms. The summed E-state index contributed by atoms with van der Waals surface area (Å²) in [6.07, 6.45) is 0.176. The summed E-state index contributed by atoms with van der Waals surface area (Å²) in [6.45, 7) is 3.65. The van der Waals surface area contributed by atoms with Gasteiger partial charge in [-0.25, -0.2) is 0 Å². The zero-order chi connectivity index (χ0) is 15.0. The van der Waals surface area contributed by atoms with Gasteiger partial charge in [0.05, 0.1) is 23.1 Å². The van der Waals surface area contributed by atoms with Gasteiger partial charge in [-0.1, -0.05) is 29.8 Å². The molecule has 0 radical (unpaired) electrons. The first-order valence-corrected chi connectivity index (χ1v) is 7.00. The molecule has 5 nitrogen and oxygen atoms in total. The minimum atomic E-state index is -1.41. The quantitative estimate of drug-likeness (QED) is 0.458. The Hall–Kier alpha value is -0.0536. The molecule has 0 aromatic heterocycles. The van der Waals surface area contributed by atoms with Crippen molar-refractivity contribution in [1.29, 1.82) is 0 Å². The largest absolute Gasteiger partial charge is 1.00 e. The number of carboxylic acids is 1. The molecule has 1 atom stereocenters. The van der Waals surface area contributed by atoms with Gasteiger partial charge in [-0.05, 0) is 30.5 Å². The van der Waals surface area contributed by atoms with Gasteiger partial charge in [-0.3, -0.25) is 14.5 Å². The monoisotopic (exact) mass is 377 g/mol. The second-order valence-corrected chi connectivity index (χ2v) is 6.05. The molecule has 7 heteroatoms. The molecule has 1 heterocycles. The third-order valence-corrected chi connectivity index (χ3v) is 3.65. The molecule has 0 saturated heterocycles. The van der Waals surface area contributed by atoms with Crippen molar-refractivity contribution >= 4 is 33.7 Å². The number of fused-ring (bicyclic) bond motifs is 1. The van der Waals surface area contributed by atoms with Crippen LogP contribution < -0.4 is 56.5 Å². The van der Waals surface area contributed by atoms with E-state index in [2.05, 4.69) is 15.9 Å². The first-order chi connectivity index (χ1) is 9.32. The number of nitrogens with zero attached hydrogens (tertiary/aromatic N) is 1. The maximum absolute atomic E-state index is 12.3. The summed E-state index contributed by atoms with van der Waals surface area (Å²) in [5.41, 5.74) is 0.451. The Morgan fingerprint density at radius 2 is 1.81 bits per heavy atom. The number of rotatable bonds is 4. The van der Waals surface area contributed by atoms with Crippen molar-refractivity contribution < 1.29 is 70.9 Å². The molecule has 21 heavy (non-hydrogen) atoms. The van der Waals surface area contributed by atoms with E-state index >= 15 is 0 Å². The second kappa shape index (κ2) is 7.48. The van der Waals surface area contributed by atoms with E-state index in [4.69, 9.17) is 0 Å². The van der Waals surface area contributed by atoms with Crippen LogP contribution in [-0.4, -0.2) is 28.7 Å². The molecular weight excluding hydrogens is 365 g/mol. The topological polar surface area (TPSA) is 77.5 Å². The fourth-order valence-electron chi connectivity index (χ4n) is 2.27. The molecule has 0 spiro atoms. The van der Waals surface area contributed by atoms with Crippen molar-refractivity contribution in [1.82, 2.24) is 4.90 Å². The molecular formula is C14H13BrKNO4. The molecule has 106 valence electrons. The molecule has 1 aromatic rings. The van der Waals surface area contributed by atoms with Gasteiger partial charge in [-0.15, -0.1) is 0 Å². The van der Waals surface area contributed by atoms with Crippen molar-refractivity contribution in [3.63, 3.8) is 0 Å². The standard InChI is InChI=1S/C14H14BrNO4.K/c1-7(2)5-11(14(19)20)16-12(17)9-4-3-8(15)6-10(9)13(16)18;/h3-4,6-7,11H,5H2,1-2H3,(H,19,20);/q;+1/p-1. The molecule has 2 amide bonds. The smallest absolute Gasteiger partial charge is 0.548 e. The molecule has 1 unspecified atom stereocenters. The molecule has 1 aliphatic rings. The van der Waals surface area contributed by atoms with Gasteiger partial charge < -0.3 is 9.90 Å². The Morgan fingerprint density at radius 3 is 2.33 bits per heavy atom. The Kier molecular flexibility index (Phi) is 6.76. The summed E-state index contributed by atoms with van der Waals surface area (Å²) in [5.74, 6) is -2.55. The molecule has 1 aromatic carbocycles. The van der Waals surface area contributed by atoms with Crippen molar-refractivity contribution in [3.8, 4) is 0 Å². The molecule has 0 fully saturated rings. The Balaban J connectivity index is 0.00000220. The van der Waals surface area contributed by atoms with E-state index in [0.717, 1.165) is 4.90 Å². The van der Waals surface area contributed by atoms with E-state index in [1.807, 2.05) is 13.8 Å². The summed E-state index contributed by atoms with van der Waals surface area (Å²) in [6, 6.07) is 3.45. The van der Waals surface area contributed by atoms with Crippen LogP contribution in [0.25, 0.3) is 0 Å². The summed E-state index contributed by atoms with van der Waals surface area (Å²) < 4.78 is 0.660. The minimum absolute atomic E-state index is 0. The van der Waals surface area contributed by atoms with Crippen molar-refractivity contribution in [2.24, 2.45) is 5.92 Å². The average molecular weight is 378 g/mol. The first-order valence-electron chi connectivity index (χ1n) is 6.21. The van der Waals surface area contributed by atoms with Gasteiger partial charge in [0.15, 0.2) is 0 Å². The predicted octanol–water partition coefficient (Wildman–Crippen LogP) is -1.79. The maximum Gasteiger partial charge on any atom is 1.00 e. The normalized spacial score (nSPS) is 15.0.